The molecule has 0 radical (unpaired) electrons. The Hall–Kier alpha value is -4.35. The highest BCUT2D eigenvalue weighted by molar-refractivity contribution is 7.91. The van der Waals surface area contributed by atoms with Gasteiger partial charge in [0.05, 0.1) is 37.2 Å². The van der Waals surface area contributed by atoms with Crippen molar-refractivity contribution in [1.29, 1.82) is 0 Å². The van der Waals surface area contributed by atoms with Gasteiger partial charge in [-0.25, -0.2) is 17.6 Å². The molecule has 0 spiro atoms. The molecule has 3 N–H and O–H groups in total. The van der Waals surface area contributed by atoms with Crippen LogP contribution in [0.4, 0.5) is 9.18 Å². The van der Waals surface area contributed by atoms with E-state index in [1.165, 1.54) is 28.0 Å². The number of sulfonamides is 1. The van der Waals surface area contributed by atoms with Gasteiger partial charge in [0.15, 0.2) is 0 Å². The van der Waals surface area contributed by atoms with Crippen LogP contribution in [0.1, 0.15) is 62.5 Å². The third-order valence-electron chi connectivity index (χ3n) is 11.6. The van der Waals surface area contributed by atoms with Gasteiger partial charge in [-0.1, -0.05) is 37.6 Å². The third kappa shape index (κ3) is 7.62. The first kappa shape index (κ1) is 37.9. The Morgan fingerprint density at radius 3 is 2.39 bits per heavy atom. The molecule has 6 aliphatic rings. The molecule has 1 aromatic carbocycles. The fourth-order valence-electron chi connectivity index (χ4n) is 8.10. The number of benzene rings is 1. The Bertz CT molecular complexity index is 1830. The van der Waals surface area contributed by atoms with Crippen molar-refractivity contribution in [1.82, 2.24) is 30.1 Å². The number of hydrogen-bond acceptors (Lipinski definition) is 10. The van der Waals surface area contributed by atoms with E-state index in [4.69, 9.17) is 9.47 Å². The van der Waals surface area contributed by atoms with E-state index < -0.39 is 74.5 Å². The third-order valence-corrected chi connectivity index (χ3v) is 13.4. The van der Waals surface area contributed by atoms with Gasteiger partial charge in [-0.3, -0.25) is 34.1 Å². The quantitative estimate of drug-likeness (QED) is 0.142. The van der Waals surface area contributed by atoms with E-state index in [0.717, 1.165) is 25.7 Å². The topological polar surface area (TPSA) is 184 Å². The maximum Gasteiger partial charge on any atom is 0.410 e. The van der Waals surface area contributed by atoms with Crippen LogP contribution in [-0.2, 0) is 51.8 Å². The first-order chi connectivity index (χ1) is 25.8. The molecule has 5 amide bonds. The van der Waals surface area contributed by atoms with Crippen molar-refractivity contribution in [2.45, 2.75) is 99.5 Å². The number of likely N-dealkylation sites (tertiary alicyclic amines) is 2. The molecular formula is C37H47FN6O9S. The summed E-state index contributed by atoms with van der Waals surface area (Å²) in [4.78, 5) is 72.2. The summed E-state index contributed by atoms with van der Waals surface area (Å²) in [5.41, 5.74) is -0.553. The number of halogens is 1. The minimum absolute atomic E-state index is 0.000938. The monoisotopic (exact) mass is 770 g/mol. The van der Waals surface area contributed by atoms with Gasteiger partial charge < -0.3 is 24.6 Å². The molecule has 1 aromatic rings. The minimum atomic E-state index is -3.93. The van der Waals surface area contributed by atoms with E-state index in [1.807, 2.05) is 0 Å². The Balaban J connectivity index is 1.10. The van der Waals surface area contributed by atoms with Gasteiger partial charge in [-0.15, -0.1) is 6.58 Å². The molecule has 17 heteroatoms. The van der Waals surface area contributed by atoms with Crippen LogP contribution in [-0.4, -0.2) is 114 Å². The second kappa shape index (κ2) is 15.1. The van der Waals surface area contributed by atoms with Crippen LogP contribution in [0.15, 0.2) is 43.5 Å². The maximum atomic E-state index is 14.6. The number of nitrogens with zero attached hydrogens (tertiary/aromatic N) is 3. The van der Waals surface area contributed by atoms with E-state index in [2.05, 4.69) is 28.5 Å². The number of carbonyl (C=O) groups is 5. The van der Waals surface area contributed by atoms with Crippen molar-refractivity contribution in [2.24, 2.45) is 11.8 Å². The van der Waals surface area contributed by atoms with Gasteiger partial charge in [0.2, 0.25) is 27.7 Å². The number of rotatable bonds is 14. The average molecular weight is 771 g/mol. The number of ether oxygens (including phenoxy) is 2. The van der Waals surface area contributed by atoms with E-state index in [0.29, 0.717) is 24.0 Å². The van der Waals surface area contributed by atoms with Crippen LogP contribution in [0.3, 0.4) is 0 Å². The molecule has 54 heavy (non-hydrogen) atoms. The fraction of sp³-hybridized carbons (Fsp3) is 0.595. The van der Waals surface area contributed by atoms with Gasteiger partial charge in [0.1, 0.15) is 23.5 Å². The van der Waals surface area contributed by atoms with Crippen molar-refractivity contribution in [3.8, 4) is 0 Å². The number of hydrogen-bond donors (Lipinski definition) is 3. The summed E-state index contributed by atoms with van der Waals surface area (Å²) >= 11 is 0. The lowest BCUT2D eigenvalue weighted by atomic mass is 9.90. The highest BCUT2D eigenvalue weighted by atomic mass is 32.2. The lowest BCUT2D eigenvalue weighted by molar-refractivity contribution is -0.146. The SMILES string of the molecule is C=CC(=O)N1CC(C(NCOC2CCCC2)C(=O)N2CC(OC(=O)N3Cc4cccc(F)c4C3)C[C@H]2C(=O)N[C@]2(C(=O)NS(=O)(=O)C3CC3)C[C@H]2C=C)C1. The van der Waals surface area contributed by atoms with E-state index in [-0.39, 0.29) is 70.2 Å². The molecule has 2 saturated heterocycles. The van der Waals surface area contributed by atoms with Gasteiger partial charge in [0.25, 0.3) is 5.91 Å². The molecule has 292 valence electrons. The van der Waals surface area contributed by atoms with Crippen LogP contribution in [0.25, 0.3) is 0 Å². The van der Waals surface area contributed by atoms with Gasteiger partial charge in [0, 0.05) is 43.5 Å². The second-order valence-corrected chi connectivity index (χ2v) is 17.2. The van der Waals surface area contributed by atoms with E-state index in [9.17, 15) is 36.8 Å². The van der Waals surface area contributed by atoms with Crippen LogP contribution in [0, 0.1) is 17.7 Å². The zero-order valence-electron chi connectivity index (χ0n) is 30.0. The molecular weight excluding hydrogens is 724 g/mol. The number of fused-ring (bicyclic) bond motifs is 1. The molecule has 15 nitrogen and oxygen atoms in total. The Kier molecular flexibility index (Phi) is 10.6. The predicted octanol–water partition coefficient (Wildman–Crippen LogP) is 1.44. The lowest BCUT2D eigenvalue weighted by Gasteiger charge is -2.44. The summed E-state index contributed by atoms with van der Waals surface area (Å²) in [6, 6.07) is 2.51. The number of amides is 5. The first-order valence-electron chi connectivity index (χ1n) is 18.6. The molecule has 3 aliphatic carbocycles. The molecule has 5 fully saturated rings. The summed E-state index contributed by atoms with van der Waals surface area (Å²) < 4.78 is 53.8. The van der Waals surface area contributed by atoms with Crippen molar-refractivity contribution in [3.63, 3.8) is 0 Å². The molecule has 2 unspecified atom stereocenters. The summed E-state index contributed by atoms with van der Waals surface area (Å²) in [6.45, 7) is 7.83. The first-order valence-corrected chi connectivity index (χ1v) is 20.2. The second-order valence-electron chi connectivity index (χ2n) is 15.3. The summed E-state index contributed by atoms with van der Waals surface area (Å²) in [5.74, 6) is -3.69. The molecule has 0 aromatic heterocycles. The fourth-order valence-corrected chi connectivity index (χ4v) is 9.46. The van der Waals surface area contributed by atoms with Crippen molar-refractivity contribution < 1.29 is 46.3 Å². The van der Waals surface area contributed by atoms with Gasteiger partial charge in [-0.05, 0) is 49.8 Å². The minimum Gasteiger partial charge on any atom is -0.444 e. The van der Waals surface area contributed by atoms with Crippen molar-refractivity contribution >= 4 is 39.7 Å². The summed E-state index contributed by atoms with van der Waals surface area (Å²) in [6.07, 6.45) is 5.82. The molecule has 7 rings (SSSR count). The van der Waals surface area contributed by atoms with E-state index in [1.54, 1.807) is 17.0 Å². The average Bonchev–Trinajstić information content (AvgIpc) is 3.91. The Morgan fingerprint density at radius 2 is 1.74 bits per heavy atom. The van der Waals surface area contributed by atoms with Gasteiger partial charge >= 0.3 is 6.09 Å². The summed E-state index contributed by atoms with van der Waals surface area (Å²) in [7, 11) is -3.93. The maximum absolute atomic E-state index is 14.6. The molecule has 5 atom stereocenters. The largest absolute Gasteiger partial charge is 0.444 e. The molecule has 3 aliphatic heterocycles. The highest BCUT2D eigenvalue weighted by Gasteiger charge is 2.62. The van der Waals surface area contributed by atoms with Gasteiger partial charge in [-0.2, -0.15) is 0 Å². The smallest absolute Gasteiger partial charge is 0.410 e. The van der Waals surface area contributed by atoms with Crippen LogP contribution in [0.2, 0.25) is 0 Å². The van der Waals surface area contributed by atoms with Crippen LogP contribution >= 0.6 is 0 Å². The molecule has 0 bridgehead atoms. The zero-order chi connectivity index (χ0) is 38.4. The molecule has 3 saturated carbocycles. The van der Waals surface area contributed by atoms with Crippen LogP contribution < -0.4 is 15.4 Å². The predicted molar refractivity (Wildman–Crippen MR) is 191 cm³/mol. The standard InChI is InChI=1S/C37H47FN6O9S/c1-3-24-15-37(24,35(48)41-54(50,51)27-12-13-27)40-33(46)30-14-26(53-36(49)43-16-22-8-7-11-29(38)28(22)20-43)19-44(30)34(47)32(23-17-42(18-23)31(45)4-2)39-21-52-25-9-5-6-10-25/h3-4,7-8,11,23-27,30,32,39H,1-2,5-6,9-10,12-21H2,(H,40,46)(H,41,48)/t24-,26?,30+,32?,37-/m1/s1. The Labute approximate surface area is 313 Å². The van der Waals surface area contributed by atoms with Crippen molar-refractivity contribution in [2.75, 3.05) is 26.4 Å². The summed E-state index contributed by atoms with van der Waals surface area (Å²) in [5, 5.41) is 5.29. The zero-order valence-corrected chi connectivity index (χ0v) is 30.9. The van der Waals surface area contributed by atoms with Crippen LogP contribution in [0.5, 0.6) is 0 Å². The lowest BCUT2D eigenvalue weighted by Crippen LogP contribution is -2.64. The van der Waals surface area contributed by atoms with Crippen molar-refractivity contribution in [3.05, 3.63) is 60.5 Å². The van der Waals surface area contributed by atoms with E-state index >= 15 is 0 Å². The number of carbonyl (C=O) groups excluding carboxylic acids is 5. The molecule has 3 heterocycles. The highest BCUT2D eigenvalue weighted by Crippen LogP contribution is 2.45. The normalized spacial score (nSPS) is 27.1. The Morgan fingerprint density at radius 1 is 1.00 bits per heavy atom. The number of nitrogens with one attached hydrogen (secondary N) is 3.